The van der Waals surface area contributed by atoms with Gasteiger partial charge in [-0.1, -0.05) is 39.3 Å². The van der Waals surface area contributed by atoms with Crippen LogP contribution < -0.4 is 0 Å². The molecule has 0 bridgehead atoms. The van der Waals surface area contributed by atoms with Gasteiger partial charge in [-0.3, -0.25) is 0 Å². The van der Waals surface area contributed by atoms with Crippen LogP contribution in [-0.2, 0) is 0 Å². The third-order valence-corrected chi connectivity index (χ3v) is 4.10. The van der Waals surface area contributed by atoms with Crippen molar-refractivity contribution in [3.63, 3.8) is 0 Å². The molecule has 1 saturated carbocycles. The molecule has 0 heterocycles. The molecule has 100 valence electrons. The van der Waals surface area contributed by atoms with E-state index in [4.69, 9.17) is 0 Å². The Morgan fingerprint density at radius 2 is 2.00 bits per heavy atom. The van der Waals surface area contributed by atoms with Crippen LogP contribution in [0.5, 0.6) is 0 Å². The second kappa shape index (κ2) is 5.53. The van der Waals surface area contributed by atoms with Crippen molar-refractivity contribution < 1.29 is 0 Å². The fourth-order valence-corrected chi connectivity index (χ4v) is 2.64. The molecule has 2 nitrogen and oxygen atoms in total. The topological polar surface area (TPSA) is 26.3 Å². The Bertz CT molecular complexity index is 281. The van der Waals surface area contributed by atoms with Crippen molar-refractivity contribution in [3.05, 3.63) is 16.9 Å². The lowest BCUT2D eigenvalue weighted by molar-refractivity contribution is 0.236. The zero-order valence-electron chi connectivity index (χ0n) is 12.3. The van der Waals surface area contributed by atoms with Crippen LogP contribution in [0.2, 0.25) is 0 Å². The summed E-state index contributed by atoms with van der Waals surface area (Å²) in [5.41, 5.74) is 1.66. The monoisotopic (exact) mass is 238 g/mol. The molecule has 2 heteroatoms. The van der Waals surface area contributed by atoms with Gasteiger partial charge in [-0.25, -0.2) is 0 Å². The molecular formula is C15H28NO-. The second-order valence-electron chi connectivity index (χ2n) is 6.63. The largest absolute Gasteiger partial charge is 0.785 e. The van der Waals surface area contributed by atoms with E-state index in [9.17, 15) is 5.21 Å². The predicted octanol–water partition coefficient (Wildman–Crippen LogP) is 4.21. The van der Waals surface area contributed by atoms with Crippen LogP contribution in [0.3, 0.4) is 0 Å². The molecule has 1 rings (SSSR count). The van der Waals surface area contributed by atoms with Gasteiger partial charge in [0.15, 0.2) is 0 Å². The highest BCUT2D eigenvalue weighted by molar-refractivity contribution is 5.05. The summed E-state index contributed by atoms with van der Waals surface area (Å²) in [5.74, 6) is 1.43. The summed E-state index contributed by atoms with van der Waals surface area (Å²) in [4.78, 5) is 0. The first-order valence-electron chi connectivity index (χ1n) is 6.83. The van der Waals surface area contributed by atoms with E-state index >= 15 is 0 Å². The summed E-state index contributed by atoms with van der Waals surface area (Å²) in [5, 5.41) is 13.0. The molecule has 0 saturated heterocycles. The summed E-state index contributed by atoms with van der Waals surface area (Å²) in [7, 11) is 0. The van der Waals surface area contributed by atoms with Crippen LogP contribution in [0.1, 0.15) is 54.4 Å². The van der Waals surface area contributed by atoms with Gasteiger partial charge in [0.1, 0.15) is 0 Å². The van der Waals surface area contributed by atoms with E-state index < -0.39 is 0 Å². The van der Waals surface area contributed by atoms with E-state index in [2.05, 4.69) is 33.8 Å². The maximum atomic E-state index is 11.7. The third kappa shape index (κ3) is 4.11. The highest BCUT2D eigenvalue weighted by atomic mass is 16.5. The van der Waals surface area contributed by atoms with Crippen molar-refractivity contribution in [1.82, 2.24) is 5.06 Å². The SMILES string of the molecule is CC(C)=CCC(C)C1CC1(C)CN([O-])C(C)C. The van der Waals surface area contributed by atoms with Gasteiger partial charge in [0.25, 0.3) is 0 Å². The highest BCUT2D eigenvalue weighted by Gasteiger charge is 2.51. The quantitative estimate of drug-likeness (QED) is 0.512. The van der Waals surface area contributed by atoms with E-state index in [1.807, 2.05) is 13.8 Å². The average molecular weight is 238 g/mol. The van der Waals surface area contributed by atoms with Crippen LogP contribution in [0.4, 0.5) is 0 Å². The summed E-state index contributed by atoms with van der Waals surface area (Å²) in [6.45, 7) is 13.5. The summed E-state index contributed by atoms with van der Waals surface area (Å²) >= 11 is 0. The highest BCUT2D eigenvalue weighted by Crippen LogP contribution is 2.57. The molecular weight excluding hydrogens is 210 g/mol. The van der Waals surface area contributed by atoms with Crippen LogP contribution in [0.25, 0.3) is 0 Å². The molecule has 1 aliphatic carbocycles. The maximum absolute atomic E-state index is 11.7. The number of hydrogen-bond acceptors (Lipinski definition) is 2. The molecule has 0 spiro atoms. The van der Waals surface area contributed by atoms with Gasteiger partial charge in [0.2, 0.25) is 0 Å². The fraction of sp³-hybridized carbons (Fsp3) is 0.867. The van der Waals surface area contributed by atoms with Crippen LogP contribution in [-0.4, -0.2) is 17.6 Å². The van der Waals surface area contributed by atoms with Gasteiger partial charge in [-0.05, 0) is 56.5 Å². The Morgan fingerprint density at radius 1 is 1.41 bits per heavy atom. The number of hydroxylamine groups is 2. The van der Waals surface area contributed by atoms with E-state index in [-0.39, 0.29) is 11.5 Å². The second-order valence-corrected chi connectivity index (χ2v) is 6.63. The number of hydrogen-bond donors (Lipinski definition) is 0. The third-order valence-electron chi connectivity index (χ3n) is 4.10. The summed E-state index contributed by atoms with van der Waals surface area (Å²) < 4.78 is 0. The van der Waals surface area contributed by atoms with Crippen molar-refractivity contribution in [2.24, 2.45) is 17.3 Å². The smallest absolute Gasteiger partial charge is 0.00837 e. The molecule has 0 radical (unpaired) electrons. The maximum Gasteiger partial charge on any atom is -0.00837 e. The molecule has 1 fully saturated rings. The van der Waals surface area contributed by atoms with Crippen molar-refractivity contribution >= 4 is 0 Å². The van der Waals surface area contributed by atoms with Gasteiger partial charge in [-0.2, -0.15) is 0 Å². The zero-order valence-corrected chi connectivity index (χ0v) is 12.3. The van der Waals surface area contributed by atoms with E-state index in [1.165, 1.54) is 17.1 Å². The first kappa shape index (κ1) is 14.7. The lowest BCUT2D eigenvalue weighted by atomic mass is 9.94. The standard InChI is InChI=1S/C15H28NO/c1-11(2)7-8-13(5)14-9-15(14,6)10-16(17)12(3)4/h7,12-14H,8-10H2,1-6H3/q-1. The summed E-state index contributed by atoms with van der Waals surface area (Å²) in [6.07, 6.45) is 4.69. The molecule has 17 heavy (non-hydrogen) atoms. The lowest BCUT2D eigenvalue weighted by Gasteiger charge is -2.36. The number of nitrogens with zero attached hydrogens (tertiary/aromatic N) is 1. The molecule has 0 amide bonds. The number of rotatable bonds is 6. The van der Waals surface area contributed by atoms with Crippen LogP contribution in [0.15, 0.2) is 11.6 Å². The Labute approximate surface area is 107 Å². The lowest BCUT2D eigenvalue weighted by Crippen LogP contribution is -2.31. The molecule has 3 unspecified atom stereocenters. The molecule has 3 atom stereocenters. The van der Waals surface area contributed by atoms with Gasteiger partial charge >= 0.3 is 0 Å². The Kier molecular flexibility index (Phi) is 4.79. The van der Waals surface area contributed by atoms with E-state index in [0.29, 0.717) is 12.5 Å². The molecule has 0 N–H and O–H groups in total. The van der Waals surface area contributed by atoms with Crippen molar-refractivity contribution in [1.29, 1.82) is 0 Å². The summed E-state index contributed by atoms with van der Waals surface area (Å²) in [6, 6.07) is 0.112. The Morgan fingerprint density at radius 3 is 2.47 bits per heavy atom. The van der Waals surface area contributed by atoms with Crippen molar-refractivity contribution in [2.75, 3.05) is 6.54 Å². The molecule has 0 aromatic carbocycles. The van der Waals surface area contributed by atoms with E-state index in [1.54, 1.807) is 0 Å². The average Bonchev–Trinajstić information content (AvgIpc) is 2.86. The van der Waals surface area contributed by atoms with Crippen LogP contribution in [0, 0.1) is 22.5 Å². The molecule has 1 aliphatic rings. The molecule has 0 aliphatic heterocycles. The van der Waals surface area contributed by atoms with E-state index in [0.717, 1.165) is 12.3 Å². The van der Waals surface area contributed by atoms with Gasteiger partial charge < -0.3 is 10.3 Å². The first-order chi connectivity index (χ1) is 7.76. The zero-order chi connectivity index (χ0) is 13.2. The van der Waals surface area contributed by atoms with Gasteiger partial charge in [-0.15, -0.1) is 0 Å². The van der Waals surface area contributed by atoms with Gasteiger partial charge in [0.05, 0.1) is 0 Å². The fourth-order valence-electron chi connectivity index (χ4n) is 2.64. The normalized spacial score (nSPS) is 29.6. The Hall–Kier alpha value is -0.340. The van der Waals surface area contributed by atoms with Gasteiger partial charge in [0, 0.05) is 0 Å². The first-order valence-corrected chi connectivity index (χ1v) is 6.83. The minimum absolute atomic E-state index is 0.112. The van der Waals surface area contributed by atoms with Crippen molar-refractivity contribution in [3.8, 4) is 0 Å². The number of allylic oxidation sites excluding steroid dienone is 2. The predicted molar refractivity (Wildman–Crippen MR) is 74.6 cm³/mol. The minimum Gasteiger partial charge on any atom is -0.785 e. The Balaban J connectivity index is 2.42. The minimum atomic E-state index is 0.112. The van der Waals surface area contributed by atoms with Crippen molar-refractivity contribution in [2.45, 2.75) is 60.4 Å². The van der Waals surface area contributed by atoms with Crippen LogP contribution >= 0.6 is 0 Å². The molecule has 0 aromatic heterocycles. The molecule has 0 aromatic rings.